The van der Waals surface area contributed by atoms with Crippen molar-refractivity contribution < 1.29 is 19.5 Å². The SMILES string of the molecule is O=C(NO)C1CC(Oc2ccnc3ccccc23)CNC1C(=O)N1CC=C(c2ccccc2)C1. The summed E-state index contributed by atoms with van der Waals surface area (Å²) in [6.07, 6.45) is 3.66. The maximum atomic E-state index is 13.4. The number of nitrogens with zero attached hydrogens (tertiary/aromatic N) is 2. The van der Waals surface area contributed by atoms with Gasteiger partial charge in [-0.25, -0.2) is 5.48 Å². The number of hydrogen-bond acceptors (Lipinski definition) is 6. The van der Waals surface area contributed by atoms with E-state index in [1.54, 1.807) is 22.6 Å². The Kier molecular flexibility index (Phi) is 6.24. The van der Waals surface area contributed by atoms with E-state index < -0.39 is 17.9 Å². The van der Waals surface area contributed by atoms with E-state index in [-0.39, 0.29) is 12.0 Å². The zero-order valence-electron chi connectivity index (χ0n) is 18.6. The van der Waals surface area contributed by atoms with Crippen molar-refractivity contribution in [3.63, 3.8) is 0 Å². The Balaban J connectivity index is 1.29. The second kappa shape index (κ2) is 9.62. The summed E-state index contributed by atoms with van der Waals surface area (Å²) in [5, 5.41) is 13.4. The maximum Gasteiger partial charge on any atom is 0.248 e. The summed E-state index contributed by atoms with van der Waals surface area (Å²) in [5.41, 5.74) is 4.71. The topological polar surface area (TPSA) is 104 Å². The van der Waals surface area contributed by atoms with Crippen molar-refractivity contribution in [3.05, 3.63) is 78.5 Å². The van der Waals surface area contributed by atoms with Gasteiger partial charge >= 0.3 is 0 Å². The molecule has 0 spiro atoms. The monoisotopic (exact) mass is 458 g/mol. The highest BCUT2D eigenvalue weighted by atomic mass is 16.5. The number of hydroxylamine groups is 1. The van der Waals surface area contributed by atoms with Crippen molar-refractivity contribution in [1.82, 2.24) is 20.7 Å². The van der Waals surface area contributed by atoms with Crippen LogP contribution >= 0.6 is 0 Å². The van der Waals surface area contributed by atoms with E-state index in [1.807, 2.05) is 60.7 Å². The Morgan fingerprint density at radius 1 is 1.09 bits per heavy atom. The number of aromatic nitrogens is 1. The van der Waals surface area contributed by atoms with Gasteiger partial charge in [0.25, 0.3) is 0 Å². The number of ether oxygens (including phenoxy) is 1. The molecule has 2 aliphatic rings. The Labute approximate surface area is 197 Å². The van der Waals surface area contributed by atoms with Crippen LogP contribution in [0.25, 0.3) is 16.5 Å². The molecule has 2 aliphatic heterocycles. The zero-order chi connectivity index (χ0) is 23.5. The van der Waals surface area contributed by atoms with Crippen LogP contribution in [0.1, 0.15) is 12.0 Å². The third-order valence-electron chi connectivity index (χ3n) is 6.48. The average Bonchev–Trinajstić information content (AvgIpc) is 3.39. The minimum atomic E-state index is -0.773. The van der Waals surface area contributed by atoms with Crippen molar-refractivity contribution >= 4 is 28.3 Å². The molecule has 1 fully saturated rings. The molecule has 34 heavy (non-hydrogen) atoms. The number of fused-ring (bicyclic) bond motifs is 1. The number of nitrogens with one attached hydrogen (secondary N) is 2. The Morgan fingerprint density at radius 2 is 1.88 bits per heavy atom. The Bertz CT molecular complexity index is 1220. The lowest BCUT2D eigenvalue weighted by Gasteiger charge is -2.37. The first kappa shape index (κ1) is 22.1. The summed E-state index contributed by atoms with van der Waals surface area (Å²) in [6.45, 7) is 1.37. The fourth-order valence-corrected chi connectivity index (χ4v) is 4.73. The number of piperidine rings is 1. The number of carbonyl (C=O) groups excluding carboxylic acids is 2. The minimum Gasteiger partial charge on any atom is -0.488 e. The first-order chi connectivity index (χ1) is 16.6. The van der Waals surface area contributed by atoms with E-state index in [4.69, 9.17) is 4.74 Å². The predicted octanol–water partition coefficient (Wildman–Crippen LogP) is 2.39. The van der Waals surface area contributed by atoms with Gasteiger partial charge in [0.15, 0.2) is 0 Å². The van der Waals surface area contributed by atoms with Crippen LogP contribution < -0.4 is 15.5 Å². The van der Waals surface area contributed by atoms with Gasteiger partial charge in [-0.15, -0.1) is 0 Å². The lowest BCUT2D eigenvalue weighted by molar-refractivity contribution is -0.144. The normalized spacial score (nSPS) is 22.3. The number of pyridine rings is 1. The molecular weight excluding hydrogens is 432 g/mol. The maximum absolute atomic E-state index is 13.4. The van der Waals surface area contributed by atoms with Gasteiger partial charge < -0.3 is 15.0 Å². The summed E-state index contributed by atoms with van der Waals surface area (Å²) < 4.78 is 6.22. The number of benzene rings is 2. The molecule has 0 saturated carbocycles. The van der Waals surface area contributed by atoms with Crippen molar-refractivity contribution in [2.45, 2.75) is 18.6 Å². The largest absolute Gasteiger partial charge is 0.488 e. The molecular formula is C26H26N4O4. The van der Waals surface area contributed by atoms with Gasteiger partial charge in [-0.1, -0.05) is 48.5 Å². The van der Waals surface area contributed by atoms with Gasteiger partial charge in [-0.05, 0) is 35.8 Å². The Hall–Kier alpha value is -3.75. The number of amides is 2. The van der Waals surface area contributed by atoms with Crippen LogP contribution in [0.3, 0.4) is 0 Å². The number of hydrogen-bond donors (Lipinski definition) is 3. The van der Waals surface area contributed by atoms with E-state index in [0.29, 0.717) is 31.8 Å². The highest BCUT2D eigenvalue weighted by Crippen LogP contribution is 2.29. The fraction of sp³-hybridized carbons (Fsp3) is 0.269. The third-order valence-corrected chi connectivity index (χ3v) is 6.48. The molecule has 2 amide bonds. The van der Waals surface area contributed by atoms with Gasteiger partial charge in [-0.3, -0.25) is 19.8 Å². The van der Waals surface area contributed by atoms with E-state index in [9.17, 15) is 14.8 Å². The van der Waals surface area contributed by atoms with Gasteiger partial charge in [0.05, 0.1) is 17.5 Å². The second-order valence-electron chi connectivity index (χ2n) is 8.58. The van der Waals surface area contributed by atoms with E-state index >= 15 is 0 Å². The van der Waals surface area contributed by atoms with Gasteiger partial charge in [0, 0.05) is 31.2 Å². The highest BCUT2D eigenvalue weighted by Gasteiger charge is 2.42. The first-order valence-electron chi connectivity index (χ1n) is 11.3. The smallest absolute Gasteiger partial charge is 0.248 e. The summed E-state index contributed by atoms with van der Waals surface area (Å²) in [4.78, 5) is 32.0. The van der Waals surface area contributed by atoms with E-state index in [0.717, 1.165) is 22.0 Å². The highest BCUT2D eigenvalue weighted by molar-refractivity contribution is 5.92. The van der Waals surface area contributed by atoms with Crippen molar-refractivity contribution in [1.29, 1.82) is 0 Å². The first-order valence-corrected chi connectivity index (χ1v) is 11.3. The second-order valence-corrected chi connectivity index (χ2v) is 8.58. The average molecular weight is 459 g/mol. The quantitative estimate of drug-likeness (QED) is 0.401. The molecule has 174 valence electrons. The van der Waals surface area contributed by atoms with Crippen LogP contribution in [-0.2, 0) is 9.59 Å². The molecule has 0 aliphatic carbocycles. The van der Waals surface area contributed by atoms with Crippen LogP contribution in [0, 0.1) is 5.92 Å². The lowest BCUT2D eigenvalue weighted by Crippen LogP contribution is -2.60. The number of rotatable bonds is 5. The van der Waals surface area contributed by atoms with Crippen molar-refractivity contribution in [2.75, 3.05) is 19.6 Å². The molecule has 2 aromatic carbocycles. The van der Waals surface area contributed by atoms with E-state index in [2.05, 4.69) is 10.3 Å². The summed E-state index contributed by atoms with van der Waals surface area (Å²) in [5.74, 6) is -0.871. The molecule has 0 bridgehead atoms. The van der Waals surface area contributed by atoms with Gasteiger partial charge in [0.2, 0.25) is 11.8 Å². The molecule has 3 atom stereocenters. The standard InChI is InChI=1S/C26H26N4O4/c31-25(29-33)21-14-19(34-23-10-12-27-22-9-5-4-8-20(22)23)15-28-24(21)26(32)30-13-11-18(16-30)17-6-2-1-3-7-17/h1-12,19,21,24,28,33H,13-16H2,(H,29,31). The summed E-state index contributed by atoms with van der Waals surface area (Å²) in [6, 6.07) is 18.7. The molecule has 3 N–H and O–H groups in total. The number of carbonyl (C=O) groups is 2. The molecule has 0 radical (unpaired) electrons. The molecule has 8 heteroatoms. The minimum absolute atomic E-state index is 0.163. The molecule has 3 heterocycles. The fourth-order valence-electron chi connectivity index (χ4n) is 4.73. The predicted molar refractivity (Wildman–Crippen MR) is 127 cm³/mol. The zero-order valence-corrected chi connectivity index (χ0v) is 18.6. The van der Waals surface area contributed by atoms with Crippen molar-refractivity contribution in [3.8, 4) is 5.75 Å². The molecule has 5 rings (SSSR count). The molecule has 3 aromatic rings. The van der Waals surface area contributed by atoms with Crippen LogP contribution in [0.2, 0.25) is 0 Å². The Morgan fingerprint density at radius 3 is 2.71 bits per heavy atom. The molecule has 1 aromatic heterocycles. The van der Waals surface area contributed by atoms with Crippen LogP contribution in [0.5, 0.6) is 5.75 Å². The molecule has 1 saturated heterocycles. The van der Waals surface area contributed by atoms with Gasteiger partial charge in [0.1, 0.15) is 11.9 Å². The van der Waals surface area contributed by atoms with E-state index in [1.165, 1.54) is 0 Å². The lowest BCUT2D eigenvalue weighted by atomic mass is 9.87. The van der Waals surface area contributed by atoms with Crippen LogP contribution in [0.4, 0.5) is 0 Å². The summed E-state index contributed by atoms with van der Waals surface area (Å²) in [7, 11) is 0. The van der Waals surface area contributed by atoms with Gasteiger partial charge in [-0.2, -0.15) is 0 Å². The van der Waals surface area contributed by atoms with Crippen molar-refractivity contribution in [2.24, 2.45) is 5.92 Å². The van der Waals surface area contributed by atoms with Crippen LogP contribution in [-0.4, -0.2) is 58.7 Å². The third kappa shape index (κ3) is 4.37. The summed E-state index contributed by atoms with van der Waals surface area (Å²) >= 11 is 0. The molecule has 3 unspecified atom stereocenters. The van der Waals surface area contributed by atoms with Crippen LogP contribution in [0.15, 0.2) is 72.9 Å². The molecule has 8 nitrogen and oxygen atoms in total. The number of para-hydroxylation sites is 1.